The maximum atomic E-state index is 15.4. The predicted octanol–water partition coefficient (Wildman–Crippen LogP) is -0.844. The number of amides is 13. The Morgan fingerprint density at radius 1 is 0.463 bits per heavy atom. The van der Waals surface area contributed by atoms with Crippen molar-refractivity contribution in [1.82, 2.24) is 62.3 Å². The summed E-state index contributed by atoms with van der Waals surface area (Å²) < 4.78 is 0. The molecule has 0 bridgehead atoms. The first kappa shape index (κ1) is 84.3. The molecule has 0 radical (unpaired) electrons. The third kappa shape index (κ3) is 25.1. The Morgan fingerprint density at radius 2 is 0.880 bits per heavy atom. The van der Waals surface area contributed by atoms with Gasteiger partial charge < -0.3 is 102 Å². The number of aliphatic imine (C=N–C) groups is 1. The summed E-state index contributed by atoms with van der Waals surface area (Å²) in [6, 6.07) is 8.67. The largest absolute Gasteiger partial charge is 0.370 e. The number of benzene rings is 3. The number of fused-ring (bicyclic) bond motifs is 2. The second-order valence-corrected chi connectivity index (χ2v) is 28.7. The molecular weight excluding hydrogens is 1390 g/mol. The standard InChI is InChI=1S/C75H108N20O13/c1-42(2)35-55(64(80)98)89-67(101)56(36-43(3)4)90-69(103)59(39-46-41-85-51-23-11-9-20-48(46)51)93-68(102)57(37-44-17-6-5-7-18-44)91-70(104)58(38-45-40-84-50-22-10-8-19-47(45)50)92-66(100)52(27-29-62(78)96)86-65(99)53(28-30-63(79)97)87-71(105)61-26-16-34-95(61)74(108)54(24-12-13-31-76)88-72(106)60-25-15-33-94(60)73(107)49(77)21-14-32-83-75(81)82/h5-11,17-20,22-23,40-43,49,52-61,84-85H,12-16,21,24-39,76-77H2,1-4H3,(H2,78,96)(H2,79,97)(H2,80,98)(H,86,99)(H,87,105)(H,88,106)(H,89,101)(H,90,103)(H,91,104)(H,92,100)(H,93,102)(H4,81,82,83). The van der Waals surface area contributed by atoms with E-state index in [4.69, 9.17) is 40.1 Å². The van der Waals surface area contributed by atoms with Gasteiger partial charge in [0.25, 0.3) is 0 Å². The molecule has 11 unspecified atom stereocenters. The fourth-order valence-electron chi connectivity index (χ4n) is 13.6. The van der Waals surface area contributed by atoms with Gasteiger partial charge in [-0.2, -0.15) is 0 Å². The van der Waals surface area contributed by atoms with Crippen LogP contribution in [0.25, 0.3) is 21.8 Å². The molecule has 2 saturated heterocycles. The van der Waals surface area contributed by atoms with E-state index in [0.29, 0.717) is 66.1 Å². The van der Waals surface area contributed by atoms with Crippen LogP contribution in [-0.2, 0) is 81.6 Å². The SMILES string of the molecule is CC(C)CC(NC(=O)C(CC(C)C)NC(=O)C(Cc1c[nH]c2ccccc12)NC(=O)C(Cc1ccccc1)NC(=O)C(Cc1c[nH]c2ccccc12)NC(=O)C(CCC(N)=O)NC(=O)C(CCC(N)=O)NC(=O)C1CCCN1C(=O)C(CCCCN)NC(=O)C1CCCN1C(=O)C(N)CCCN=C(N)N)C(N)=O. The minimum Gasteiger partial charge on any atom is -0.370 e. The molecule has 33 nitrogen and oxygen atoms in total. The molecule has 0 aliphatic carbocycles. The number of rotatable bonds is 43. The first-order valence-electron chi connectivity index (χ1n) is 37.1. The number of nitrogens with one attached hydrogen (secondary N) is 10. The van der Waals surface area contributed by atoms with Gasteiger partial charge in [0.1, 0.15) is 60.4 Å². The van der Waals surface area contributed by atoms with E-state index < -0.39 is 169 Å². The second-order valence-electron chi connectivity index (χ2n) is 28.7. The van der Waals surface area contributed by atoms with E-state index in [1.54, 1.807) is 73.1 Å². The first-order chi connectivity index (χ1) is 51.5. The van der Waals surface area contributed by atoms with Crippen LogP contribution >= 0.6 is 0 Å². The molecule has 2 aromatic heterocycles. The number of aromatic amines is 2. The molecule has 0 saturated carbocycles. The predicted molar refractivity (Wildman–Crippen MR) is 405 cm³/mol. The molecule has 4 heterocycles. The molecule has 24 N–H and O–H groups in total. The summed E-state index contributed by atoms with van der Waals surface area (Å²) in [6.45, 7) is 8.24. The van der Waals surface area contributed by atoms with Crippen molar-refractivity contribution in [2.24, 2.45) is 57.0 Å². The summed E-state index contributed by atoms with van der Waals surface area (Å²) in [5.74, 6) is -10.6. The Bertz CT molecular complexity index is 3990. The second kappa shape index (κ2) is 41.2. The van der Waals surface area contributed by atoms with Gasteiger partial charge in [-0.1, -0.05) is 94.4 Å². The van der Waals surface area contributed by atoms with Crippen molar-refractivity contribution >= 4 is 105 Å². The van der Waals surface area contributed by atoms with Gasteiger partial charge in [0.05, 0.1) is 6.04 Å². The molecule has 0 spiro atoms. The van der Waals surface area contributed by atoms with Gasteiger partial charge in [0.2, 0.25) is 76.8 Å². The minimum atomic E-state index is -1.69. The third-order valence-electron chi connectivity index (χ3n) is 19.2. The highest BCUT2D eigenvalue weighted by Crippen LogP contribution is 2.26. The highest BCUT2D eigenvalue weighted by atomic mass is 16.2. The van der Waals surface area contributed by atoms with Gasteiger partial charge in [-0.25, -0.2) is 0 Å². The molecule has 586 valence electrons. The molecule has 11 atom stereocenters. The number of primary amides is 3. The number of nitrogens with two attached hydrogens (primary N) is 7. The number of para-hydroxylation sites is 2. The molecule has 13 amide bonds. The number of likely N-dealkylation sites (tertiary alicyclic amines) is 2. The molecular formula is C75H108N20O13. The first-order valence-corrected chi connectivity index (χ1v) is 37.1. The summed E-state index contributed by atoms with van der Waals surface area (Å²) in [6.07, 6.45) is 4.13. The van der Waals surface area contributed by atoms with Crippen LogP contribution in [0.5, 0.6) is 0 Å². The van der Waals surface area contributed by atoms with E-state index in [-0.39, 0.29) is 95.3 Å². The van der Waals surface area contributed by atoms with E-state index in [1.807, 2.05) is 45.9 Å². The summed E-state index contributed by atoms with van der Waals surface area (Å²) >= 11 is 0. The van der Waals surface area contributed by atoms with Crippen LogP contribution in [0.3, 0.4) is 0 Å². The number of H-pyrrole nitrogens is 2. The molecule has 108 heavy (non-hydrogen) atoms. The Hall–Kier alpha value is -11.0. The smallest absolute Gasteiger partial charge is 0.245 e. The average molecular weight is 1500 g/mol. The molecule has 7 rings (SSSR count). The number of nitrogens with zero attached hydrogens (tertiary/aromatic N) is 3. The van der Waals surface area contributed by atoms with Crippen LogP contribution in [0.2, 0.25) is 0 Å². The number of unbranched alkanes of at least 4 members (excludes halogenated alkanes) is 1. The van der Waals surface area contributed by atoms with Crippen LogP contribution < -0.4 is 82.7 Å². The van der Waals surface area contributed by atoms with Crippen LogP contribution in [0, 0.1) is 11.8 Å². The van der Waals surface area contributed by atoms with Gasteiger partial charge in [0.15, 0.2) is 5.96 Å². The fourth-order valence-corrected chi connectivity index (χ4v) is 13.6. The van der Waals surface area contributed by atoms with Crippen LogP contribution in [0.15, 0.2) is 96.2 Å². The van der Waals surface area contributed by atoms with Gasteiger partial charge in [-0.3, -0.25) is 67.3 Å². The number of aromatic nitrogens is 2. The zero-order valence-electron chi connectivity index (χ0n) is 61.9. The molecule has 3 aromatic carbocycles. The van der Waals surface area contributed by atoms with Crippen LogP contribution in [0.1, 0.15) is 141 Å². The Morgan fingerprint density at radius 3 is 1.36 bits per heavy atom. The zero-order chi connectivity index (χ0) is 78.7. The van der Waals surface area contributed by atoms with Crippen molar-refractivity contribution in [3.8, 4) is 0 Å². The Labute approximate surface area is 627 Å². The van der Waals surface area contributed by atoms with Gasteiger partial charge in [-0.15, -0.1) is 0 Å². The highest BCUT2D eigenvalue weighted by Gasteiger charge is 2.43. The zero-order valence-corrected chi connectivity index (χ0v) is 61.9. The van der Waals surface area contributed by atoms with Crippen LogP contribution in [0.4, 0.5) is 0 Å². The maximum Gasteiger partial charge on any atom is 0.245 e. The summed E-state index contributed by atoms with van der Waals surface area (Å²) in [4.78, 5) is 197. The Balaban J connectivity index is 1.15. The number of hydrogen-bond donors (Lipinski definition) is 17. The number of hydrogen-bond acceptors (Lipinski definition) is 16. The van der Waals surface area contributed by atoms with Crippen molar-refractivity contribution in [2.45, 2.75) is 210 Å². The lowest BCUT2D eigenvalue weighted by atomic mass is 9.98. The van der Waals surface area contributed by atoms with Crippen molar-refractivity contribution in [3.05, 3.63) is 108 Å². The Kier molecular flexibility index (Phi) is 32.2. The number of guanidine groups is 1. The van der Waals surface area contributed by atoms with Crippen molar-refractivity contribution < 1.29 is 62.3 Å². The van der Waals surface area contributed by atoms with Crippen molar-refractivity contribution in [3.63, 3.8) is 0 Å². The third-order valence-corrected chi connectivity index (χ3v) is 19.2. The van der Waals surface area contributed by atoms with E-state index in [9.17, 15) is 47.9 Å². The lowest BCUT2D eigenvalue weighted by Crippen LogP contribution is -2.61. The molecule has 2 fully saturated rings. The minimum absolute atomic E-state index is 0.0342. The van der Waals surface area contributed by atoms with Crippen molar-refractivity contribution in [2.75, 3.05) is 26.2 Å². The summed E-state index contributed by atoms with van der Waals surface area (Å²) in [5.41, 5.74) is 43.1. The maximum absolute atomic E-state index is 15.4. The molecule has 2 aliphatic heterocycles. The average Bonchev–Trinajstić information content (AvgIpc) is 1.62. The van der Waals surface area contributed by atoms with E-state index in [1.165, 1.54) is 9.80 Å². The van der Waals surface area contributed by atoms with E-state index in [2.05, 4.69) is 57.5 Å². The topological polar surface area (TPSA) is 551 Å². The number of carbonyl (C=O) groups is 13. The monoisotopic (exact) mass is 1500 g/mol. The van der Waals surface area contributed by atoms with E-state index >= 15 is 14.4 Å². The lowest BCUT2D eigenvalue weighted by molar-refractivity contribution is -0.144. The lowest BCUT2D eigenvalue weighted by Gasteiger charge is -2.32. The van der Waals surface area contributed by atoms with E-state index in [0.717, 1.165) is 10.9 Å². The van der Waals surface area contributed by atoms with Crippen LogP contribution in [-0.4, -0.2) is 195 Å². The summed E-state index contributed by atoms with van der Waals surface area (Å²) in [5, 5.41) is 23.5. The van der Waals surface area contributed by atoms with Crippen molar-refractivity contribution in [1.29, 1.82) is 0 Å². The number of carbonyl (C=O) groups excluding carboxylic acids is 13. The fraction of sp³-hybridized carbons (Fsp3) is 0.520. The molecule has 5 aromatic rings. The van der Waals surface area contributed by atoms with Gasteiger partial charge >= 0.3 is 0 Å². The molecule has 33 heteroatoms. The summed E-state index contributed by atoms with van der Waals surface area (Å²) in [7, 11) is 0. The normalized spacial score (nSPS) is 16.7. The highest BCUT2D eigenvalue weighted by molar-refractivity contribution is 6.00. The van der Waals surface area contributed by atoms with Gasteiger partial charge in [-0.05, 0) is 131 Å². The molecule has 2 aliphatic rings. The van der Waals surface area contributed by atoms with Gasteiger partial charge in [0, 0.05) is 85.9 Å². The quantitative estimate of drug-likeness (QED) is 0.0128.